The number of rotatable bonds is 6. The zero-order valence-electron chi connectivity index (χ0n) is 23.2. The van der Waals surface area contributed by atoms with Gasteiger partial charge in [0.15, 0.2) is 69.7 Å². The van der Waals surface area contributed by atoms with Crippen molar-refractivity contribution in [2.45, 2.75) is 5.92 Å². The average molecular weight is 708 g/mol. The summed E-state index contributed by atoms with van der Waals surface area (Å²) in [5.41, 5.74) is -11.2. The van der Waals surface area contributed by atoms with E-state index in [4.69, 9.17) is 9.31 Å². The highest BCUT2D eigenvalue weighted by Gasteiger charge is 2.56. The molecule has 0 fully saturated rings. The first-order valence-corrected chi connectivity index (χ1v) is 13.1. The van der Waals surface area contributed by atoms with Crippen molar-refractivity contribution in [1.29, 1.82) is 0 Å². The van der Waals surface area contributed by atoms with Gasteiger partial charge < -0.3 is 9.31 Å². The van der Waals surface area contributed by atoms with E-state index in [9.17, 15) is 48.3 Å². The molecule has 49 heavy (non-hydrogen) atoms. The second-order valence-corrected chi connectivity index (χ2v) is 10.2. The zero-order chi connectivity index (χ0) is 35.9. The van der Waals surface area contributed by atoms with E-state index in [0.29, 0.717) is 12.1 Å². The Labute approximate surface area is 263 Å². The summed E-state index contributed by atoms with van der Waals surface area (Å²) in [4.78, 5) is 0. The van der Waals surface area contributed by atoms with Gasteiger partial charge in [-0.15, -0.1) is 0 Å². The molecule has 1 aliphatic rings. The maximum atomic E-state index is 15.8. The maximum Gasteiger partial charge on any atom is 0.633 e. The molecule has 2 nitrogen and oxygen atoms in total. The molecule has 0 spiro atoms. The van der Waals surface area contributed by atoms with Gasteiger partial charge in [-0.3, -0.25) is 0 Å². The molecule has 0 radical (unpaired) electrons. The van der Waals surface area contributed by atoms with Gasteiger partial charge >= 0.3 is 13.0 Å². The summed E-state index contributed by atoms with van der Waals surface area (Å²) in [7, 11) is -2.84. The zero-order valence-corrected chi connectivity index (χ0v) is 23.2. The van der Waals surface area contributed by atoms with Crippen LogP contribution in [0.5, 0.6) is 11.5 Å². The van der Waals surface area contributed by atoms with E-state index < -0.39 is 139 Å². The van der Waals surface area contributed by atoms with Crippen LogP contribution in [-0.4, -0.2) is 7.12 Å². The lowest BCUT2D eigenvalue weighted by atomic mass is 9.73. The number of hydrogen-bond acceptors (Lipinski definition) is 2. The Balaban J connectivity index is 1.65. The van der Waals surface area contributed by atoms with E-state index >= 15 is 17.6 Å². The lowest BCUT2D eigenvalue weighted by Crippen LogP contribution is -2.45. The fourth-order valence-corrected chi connectivity index (χ4v) is 5.24. The third-order valence-electron chi connectivity index (χ3n) is 7.38. The van der Waals surface area contributed by atoms with E-state index in [1.165, 1.54) is 0 Å². The lowest BCUT2D eigenvalue weighted by molar-refractivity contribution is 0.0404. The van der Waals surface area contributed by atoms with Gasteiger partial charge in [0.2, 0.25) is 5.82 Å². The summed E-state index contributed by atoms with van der Waals surface area (Å²) in [6, 6.07) is 4.95. The van der Waals surface area contributed by atoms with E-state index in [1.54, 1.807) is 0 Å². The normalized spacial score (nSPS) is 13.0. The summed E-state index contributed by atoms with van der Waals surface area (Å²) in [6.07, 6.45) is 0. The van der Waals surface area contributed by atoms with Crippen molar-refractivity contribution in [2.24, 2.45) is 0 Å². The van der Waals surface area contributed by atoms with Crippen LogP contribution in [0.25, 0.3) is 22.3 Å². The van der Waals surface area contributed by atoms with Gasteiger partial charge in [-0.1, -0.05) is 24.3 Å². The Hall–Kier alpha value is -5.29. The van der Waals surface area contributed by atoms with Gasteiger partial charge in [-0.25, -0.2) is 48.3 Å². The van der Waals surface area contributed by atoms with Crippen LogP contribution in [0.4, 0.5) is 65.9 Å². The third kappa shape index (κ3) is 5.02. The smallest absolute Gasteiger partial charge is 0.520 e. The van der Waals surface area contributed by atoms with Gasteiger partial charge in [0.25, 0.3) is 0 Å². The topological polar surface area (TPSA) is 18.5 Å². The summed E-state index contributed by atoms with van der Waals surface area (Å²) in [5, 5.41) is 0. The van der Waals surface area contributed by atoms with Crippen molar-refractivity contribution in [2.75, 3.05) is 0 Å². The second-order valence-electron chi connectivity index (χ2n) is 10.2. The standard InChI is InChI=1S/C31H8BF15O2/c33-9-7-14(35)21(37)15(8-9)48-32(12-4-2-1-3-10(12)11-5-6-13(34)22(38)20(11)36)49-30-19-17(24(40)27(43)29(30)45)16-18(31(19,46)47)25(41)28(44)26(42)23(16)39/h1-8H. The van der Waals surface area contributed by atoms with Crippen molar-refractivity contribution in [3.63, 3.8) is 0 Å². The molecule has 0 atom stereocenters. The molecule has 0 saturated heterocycles. The Morgan fingerprint density at radius 2 is 1.06 bits per heavy atom. The molecular weight excluding hydrogens is 700 g/mol. The quantitative estimate of drug-likeness (QED) is 0.0759. The highest BCUT2D eigenvalue weighted by molar-refractivity contribution is 6.64. The van der Waals surface area contributed by atoms with Crippen LogP contribution in [0.15, 0.2) is 48.5 Å². The van der Waals surface area contributed by atoms with Crippen molar-refractivity contribution in [1.82, 2.24) is 0 Å². The predicted octanol–water partition coefficient (Wildman–Crippen LogP) is 9.14. The minimum atomic E-state index is -5.28. The molecule has 0 unspecified atom stereocenters. The minimum Gasteiger partial charge on any atom is -0.520 e. The van der Waals surface area contributed by atoms with E-state index in [-0.39, 0.29) is 12.1 Å². The fourth-order valence-electron chi connectivity index (χ4n) is 5.24. The van der Waals surface area contributed by atoms with Gasteiger partial charge in [-0.2, -0.15) is 17.6 Å². The minimum absolute atomic E-state index is 0.00367. The van der Waals surface area contributed by atoms with E-state index in [2.05, 4.69) is 0 Å². The molecule has 0 amide bonds. The predicted molar refractivity (Wildman–Crippen MR) is 139 cm³/mol. The summed E-state index contributed by atoms with van der Waals surface area (Å²) >= 11 is 0. The molecule has 0 aliphatic heterocycles. The van der Waals surface area contributed by atoms with Crippen LogP contribution < -0.4 is 14.8 Å². The molecule has 5 aromatic rings. The summed E-state index contributed by atoms with van der Waals surface area (Å²) < 4.78 is 231. The first kappa shape index (κ1) is 33.6. The van der Waals surface area contributed by atoms with Crippen LogP contribution in [0.2, 0.25) is 0 Å². The van der Waals surface area contributed by atoms with Gasteiger partial charge in [0.05, 0.1) is 11.1 Å². The molecule has 18 heteroatoms. The summed E-state index contributed by atoms with van der Waals surface area (Å²) in [6.45, 7) is 0. The molecule has 0 saturated carbocycles. The number of hydrogen-bond donors (Lipinski definition) is 0. The van der Waals surface area contributed by atoms with Crippen molar-refractivity contribution in [3.05, 3.63) is 135 Å². The maximum absolute atomic E-state index is 15.8. The molecule has 252 valence electrons. The molecule has 1 aliphatic carbocycles. The van der Waals surface area contributed by atoms with Crippen LogP contribution in [0.3, 0.4) is 0 Å². The first-order chi connectivity index (χ1) is 23.0. The molecule has 0 heterocycles. The van der Waals surface area contributed by atoms with Crippen LogP contribution in [0, 0.1) is 75.6 Å². The number of fused-ring (bicyclic) bond motifs is 3. The Morgan fingerprint density at radius 3 is 1.73 bits per heavy atom. The van der Waals surface area contributed by atoms with Crippen molar-refractivity contribution >= 4 is 12.6 Å². The lowest BCUT2D eigenvalue weighted by Gasteiger charge is -2.24. The summed E-state index contributed by atoms with van der Waals surface area (Å²) in [5.74, 6) is -39.3. The van der Waals surface area contributed by atoms with Crippen LogP contribution in [-0.2, 0) is 5.92 Å². The number of halogens is 15. The molecule has 0 aromatic heterocycles. The molecule has 0 N–H and O–H groups in total. The largest absolute Gasteiger partial charge is 0.633 e. The molecule has 5 aromatic carbocycles. The van der Waals surface area contributed by atoms with Crippen LogP contribution in [0.1, 0.15) is 11.1 Å². The Morgan fingerprint density at radius 1 is 0.469 bits per heavy atom. The van der Waals surface area contributed by atoms with Gasteiger partial charge in [0.1, 0.15) is 11.6 Å². The second kappa shape index (κ2) is 11.7. The average Bonchev–Trinajstić information content (AvgIpc) is 3.31. The molecule has 6 rings (SSSR count). The van der Waals surface area contributed by atoms with Crippen molar-refractivity contribution < 1.29 is 75.2 Å². The van der Waals surface area contributed by atoms with Crippen molar-refractivity contribution in [3.8, 4) is 33.8 Å². The monoisotopic (exact) mass is 708 g/mol. The van der Waals surface area contributed by atoms with E-state index in [1.807, 2.05) is 0 Å². The van der Waals surface area contributed by atoms with Crippen LogP contribution >= 0.6 is 0 Å². The van der Waals surface area contributed by atoms with Gasteiger partial charge in [-0.05, 0) is 17.7 Å². The fraction of sp³-hybridized carbons (Fsp3) is 0.0323. The Kier molecular flexibility index (Phi) is 8.02. The Bertz CT molecular complexity index is 2220. The highest BCUT2D eigenvalue weighted by atomic mass is 19.3. The van der Waals surface area contributed by atoms with Gasteiger partial charge in [0, 0.05) is 34.3 Å². The molecule has 0 bridgehead atoms. The SMILES string of the molecule is Fc1cc(F)c(F)c(OB(Oc2c(F)c(F)c(F)c3c2C(F)(F)c2c(F)c(F)c(F)c(F)c2-3)c2ccccc2-c2ccc(F)c(F)c2F)c1. The first-order valence-electron chi connectivity index (χ1n) is 13.1. The third-order valence-corrected chi connectivity index (χ3v) is 7.38. The number of alkyl halides is 2. The highest BCUT2D eigenvalue weighted by Crippen LogP contribution is 2.58. The number of benzene rings is 5. The molecular formula is C31H8BF15O2. The van der Waals surface area contributed by atoms with E-state index in [0.717, 1.165) is 24.3 Å².